The maximum absolute atomic E-state index is 13.4. The van der Waals surface area contributed by atoms with Gasteiger partial charge in [0.25, 0.3) is 5.91 Å². The van der Waals surface area contributed by atoms with E-state index in [-0.39, 0.29) is 11.7 Å². The van der Waals surface area contributed by atoms with E-state index >= 15 is 0 Å². The fraction of sp³-hybridized carbons (Fsp3) is 0.333. The van der Waals surface area contributed by atoms with Crippen LogP contribution in [0.2, 0.25) is 0 Å². The largest absolute Gasteiger partial charge is 0.378 e. The van der Waals surface area contributed by atoms with Crippen molar-refractivity contribution in [3.63, 3.8) is 0 Å². The lowest BCUT2D eigenvalue weighted by Crippen LogP contribution is -2.36. The van der Waals surface area contributed by atoms with Gasteiger partial charge < -0.3 is 19.5 Å². The number of hydrogen-bond donors (Lipinski definition) is 1. The number of amides is 1. The van der Waals surface area contributed by atoms with Crippen LogP contribution in [0.4, 0.5) is 10.1 Å². The first-order valence-electron chi connectivity index (χ1n) is 10.5. The minimum absolute atomic E-state index is 0.133. The van der Waals surface area contributed by atoms with Gasteiger partial charge in [-0.05, 0) is 43.2 Å². The molecule has 6 nitrogen and oxygen atoms in total. The molecule has 1 aliphatic rings. The Kier molecular flexibility index (Phi) is 6.32. The number of morpholine rings is 1. The Hall–Kier alpha value is -3.19. The molecule has 7 heteroatoms. The van der Waals surface area contributed by atoms with E-state index in [1.165, 1.54) is 12.1 Å². The lowest BCUT2D eigenvalue weighted by atomic mass is 10.1. The second-order valence-corrected chi connectivity index (χ2v) is 7.76. The number of rotatable bonds is 6. The Labute approximate surface area is 181 Å². The zero-order valence-electron chi connectivity index (χ0n) is 17.9. The Morgan fingerprint density at radius 1 is 1.13 bits per heavy atom. The summed E-state index contributed by atoms with van der Waals surface area (Å²) in [7, 11) is 0. The third kappa shape index (κ3) is 4.61. The van der Waals surface area contributed by atoms with Gasteiger partial charge in [0, 0.05) is 49.8 Å². The van der Waals surface area contributed by atoms with E-state index in [0.717, 1.165) is 41.2 Å². The summed E-state index contributed by atoms with van der Waals surface area (Å²) in [6, 6.07) is 10.2. The van der Waals surface area contributed by atoms with E-state index in [2.05, 4.69) is 15.2 Å². The van der Waals surface area contributed by atoms with Gasteiger partial charge in [-0.3, -0.25) is 9.78 Å². The molecule has 0 radical (unpaired) electrons. The monoisotopic (exact) mass is 422 g/mol. The number of halogens is 1. The molecule has 0 unspecified atom stereocenters. The van der Waals surface area contributed by atoms with Crippen molar-refractivity contribution in [1.29, 1.82) is 0 Å². The Balaban J connectivity index is 1.68. The Morgan fingerprint density at radius 2 is 1.87 bits per heavy atom. The predicted octanol–water partition coefficient (Wildman–Crippen LogP) is 3.45. The molecule has 1 N–H and O–H groups in total. The molecule has 1 fully saturated rings. The van der Waals surface area contributed by atoms with Crippen LogP contribution in [0.3, 0.4) is 0 Å². The summed E-state index contributed by atoms with van der Waals surface area (Å²) in [4.78, 5) is 19.7. The second kappa shape index (κ2) is 9.31. The quantitative estimate of drug-likeness (QED) is 0.661. The third-order valence-corrected chi connectivity index (χ3v) is 5.70. The van der Waals surface area contributed by atoms with E-state index < -0.39 is 0 Å². The van der Waals surface area contributed by atoms with Crippen LogP contribution in [-0.4, -0.2) is 41.8 Å². The van der Waals surface area contributed by atoms with Crippen LogP contribution in [0, 0.1) is 19.7 Å². The molecule has 0 atom stereocenters. The molecule has 4 rings (SSSR count). The number of pyridine rings is 1. The molecule has 3 heterocycles. The van der Waals surface area contributed by atoms with Crippen LogP contribution >= 0.6 is 0 Å². The highest BCUT2D eigenvalue weighted by Gasteiger charge is 2.26. The van der Waals surface area contributed by atoms with Crippen molar-refractivity contribution in [3.05, 3.63) is 82.7 Å². The number of nitrogens with zero attached hydrogens (tertiary/aromatic N) is 3. The molecule has 0 bridgehead atoms. The number of aromatic nitrogens is 2. The van der Waals surface area contributed by atoms with E-state index in [4.69, 9.17) is 4.74 Å². The van der Waals surface area contributed by atoms with E-state index in [1.54, 1.807) is 24.5 Å². The number of carbonyl (C=O) groups excluding carboxylic acids is 1. The molecule has 31 heavy (non-hydrogen) atoms. The van der Waals surface area contributed by atoms with Gasteiger partial charge in [0.1, 0.15) is 11.5 Å². The standard InChI is InChI=1S/C24H27FN4O2/c1-17-22(28-10-12-31-13-11-28)18(2)29(16-19-5-7-21(25)8-6-19)23(17)24(30)27-15-20-4-3-9-26-14-20/h3-9,14H,10-13,15-16H2,1-2H3,(H,27,30). The molecule has 0 spiro atoms. The first-order valence-corrected chi connectivity index (χ1v) is 10.5. The molecular weight excluding hydrogens is 395 g/mol. The van der Waals surface area contributed by atoms with Crippen molar-refractivity contribution in [3.8, 4) is 0 Å². The number of carbonyl (C=O) groups is 1. The first-order chi connectivity index (χ1) is 15.0. The van der Waals surface area contributed by atoms with Crippen molar-refractivity contribution < 1.29 is 13.9 Å². The Morgan fingerprint density at radius 3 is 2.55 bits per heavy atom. The molecule has 1 amide bonds. The third-order valence-electron chi connectivity index (χ3n) is 5.70. The molecule has 162 valence electrons. The highest BCUT2D eigenvalue weighted by atomic mass is 19.1. The summed E-state index contributed by atoms with van der Waals surface area (Å²) in [6.45, 7) is 7.86. The van der Waals surface area contributed by atoms with Crippen LogP contribution in [0.1, 0.15) is 32.9 Å². The van der Waals surface area contributed by atoms with Gasteiger partial charge in [-0.2, -0.15) is 0 Å². The number of benzene rings is 1. The number of nitrogens with one attached hydrogen (secondary N) is 1. The van der Waals surface area contributed by atoms with Gasteiger partial charge in [-0.15, -0.1) is 0 Å². The summed E-state index contributed by atoms with van der Waals surface area (Å²) < 4.78 is 20.9. The lowest BCUT2D eigenvalue weighted by molar-refractivity contribution is 0.0941. The molecule has 1 saturated heterocycles. The normalized spacial score (nSPS) is 14.0. The van der Waals surface area contributed by atoms with Crippen LogP contribution in [0.5, 0.6) is 0 Å². The average molecular weight is 423 g/mol. The number of ether oxygens (including phenoxy) is 1. The predicted molar refractivity (Wildman–Crippen MR) is 118 cm³/mol. The van der Waals surface area contributed by atoms with Crippen LogP contribution < -0.4 is 10.2 Å². The summed E-state index contributed by atoms with van der Waals surface area (Å²) in [5, 5.41) is 3.03. The average Bonchev–Trinajstić information content (AvgIpc) is 3.04. The summed E-state index contributed by atoms with van der Waals surface area (Å²) >= 11 is 0. The van der Waals surface area contributed by atoms with Crippen molar-refractivity contribution in [2.75, 3.05) is 31.2 Å². The molecule has 0 saturated carbocycles. The van der Waals surface area contributed by atoms with Crippen molar-refractivity contribution >= 4 is 11.6 Å². The molecule has 2 aromatic heterocycles. The van der Waals surface area contributed by atoms with E-state index in [1.807, 2.05) is 30.5 Å². The fourth-order valence-corrected chi connectivity index (χ4v) is 4.17. The minimum atomic E-state index is -0.271. The van der Waals surface area contributed by atoms with E-state index in [9.17, 15) is 9.18 Å². The lowest BCUT2D eigenvalue weighted by Gasteiger charge is -2.29. The van der Waals surface area contributed by atoms with Gasteiger partial charge in [-0.25, -0.2) is 4.39 Å². The topological polar surface area (TPSA) is 59.4 Å². The number of anilines is 1. The fourth-order valence-electron chi connectivity index (χ4n) is 4.17. The van der Waals surface area contributed by atoms with Gasteiger partial charge >= 0.3 is 0 Å². The Bertz CT molecular complexity index is 1040. The highest BCUT2D eigenvalue weighted by Crippen LogP contribution is 2.32. The van der Waals surface area contributed by atoms with E-state index in [0.29, 0.717) is 32.0 Å². The summed E-state index contributed by atoms with van der Waals surface area (Å²) in [5.41, 5.74) is 5.56. The van der Waals surface area contributed by atoms with Gasteiger partial charge in [-0.1, -0.05) is 18.2 Å². The zero-order chi connectivity index (χ0) is 21.8. The zero-order valence-corrected chi connectivity index (χ0v) is 17.9. The summed E-state index contributed by atoms with van der Waals surface area (Å²) in [5.74, 6) is -0.404. The molecular formula is C24H27FN4O2. The van der Waals surface area contributed by atoms with Crippen LogP contribution in [0.15, 0.2) is 48.8 Å². The van der Waals surface area contributed by atoms with Crippen LogP contribution in [0.25, 0.3) is 0 Å². The van der Waals surface area contributed by atoms with Gasteiger partial charge in [0.05, 0.1) is 18.9 Å². The maximum Gasteiger partial charge on any atom is 0.268 e. The maximum atomic E-state index is 13.4. The molecule has 1 aromatic carbocycles. The van der Waals surface area contributed by atoms with Gasteiger partial charge in [0.15, 0.2) is 0 Å². The van der Waals surface area contributed by atoms with Crippen molar-refractivity contribution in [1.82, 2.24) is 14.9 Å². The van der Waals surface area contributed by atoms with Crippen LogP contribution in [-0.2, 0) is 17.8 Å². The minimum Gasteiger partial charge on any atom is -0.378 e. The smallest absolute Gasteiger partial charge is 0.268 e. The molecule has 1 aliphatic heterocycles. The second-order valence-electron chi connectivity index (χ2n) is 7.76. The molecule has 0 aliphatic carbocycles. The first kappa shape index (κ1) is 21.1. The number of hydrogen-bond acceptors (Lipinski definition) is 4. The SMILES string of the molecule is Cc1c(N2CCOCC2)c(C)n(Cc2ccc(F)cc2)c1C(=O)NCc1cccnc1. The highest BCUT2D eigenvalue weighted by molar-refractivity contribution is 5.96. The van der Waals surface area contributed by atoms with Gasteiger partial charge in [0.2, 0.25) is 0 Å². The molecule has 3 aromatic rings. The summed E-state index contributed by atoms with van der Waals surface area (Å²) in [6.07, 6.45) is 3.45. The van der Waals surface area contributed by atoms with Crippen molar-refractivity contribution in [2.45, 2.75) is 26.9 Å². The van der Waals surface area contributed by atoms with Crippen molar-refractivity contribution in [2.24, 2.45) is 0 Å².